The van der Waals surface area contributed by atoms with E-state index in [-0.39, 0.29) is 5.69 Å². The zero-order valence-electron chi connectivity index (χ0n) is 19.0. The fourth-order valence-corrected chi connectivity index (χ4v) is 3.96. The van der Waals surface area contributed by atoms with Crippen molar-refractivity contribution >= 4 is 28.6 Å². The van der Waals surface area contributed by atoms with Crippen molar-refractivity contribution in [1.29, 1.82) is 0 Å². The summed E-state index contributed by atoms with van der Waals surface area (Å²) in [4.78, 5) is 27.0. The first kappa shape index (κ1) is 22.5. The summed E-state index contributed by atoms with van der Waals surface area (Å²) in [5.41, 5.74) is 5.14. The number of carbonyl (C=O) groups is 1. The Morgan fingerprint density at radius 3 is 2.09 bits per heavy atom. The number of aromatic nitrogens is 3. The molecule has 35 heavy (non-hydrogen) atoms. The van der Waals surface area contributed by atoms with Crippen molar-refractivity contribution in [2.75, 3.05) is 14.2 Å². The average Bonchev–Trinajstić information content (AvgIpc) is 2.92. The van der Waals surface area contributed by atoms with Crippen LogP contribution in [0, 0.1) is 0 Å². The van der Waals surface area contributed by atoms with Gasteiger partial charge in [0, 0.05) is 21.7 Å². The maximum atomic E-state index is 12.6. The molecule has 0 aliphatic carbocycles. The number of pyridine rings is 1. The molecule has 0 N–H and O–H groups in total. The van der Waals surface area contributed by atoms with Gasteiger partial charge in [-0.2, -0.15) is 0 Å². The fraction of sp³-hybridized carbons (Fsp3) is 0.0714. The van der Waals surface area contributed by atoms with Crippen molar-refractivity contribution in [1.82, 2.24) is 15.0 Å². The van der Waals surface area contributed by atoms with Gasteiger partial charge >= 0.3 is 5.97 Å². The number of methoxy groups -OCH3 is 2. The Hall–Kier alpha value is -4.29. The van der Waals surface area contributed by atoms with Gasteiger partial charge in [0.2, 0.25) is 0 Å². The van der Waals surface area contributed by atoms with Crippen LogP contribution in [0.1, 0.15) is 10.5 Å². The van der Waals surface area contributed by atoms with Crippen LogP contribution in [0.5, 0.6) is 5.75 Å². The lowest BCUT2D eigenvalue weighted by Crippen LogP contribution is -2.07. The average molecular weight is 482 g/mol. The minimum Gasteiger partial charge on any atom is -0.497 e. The van der Waals surface area contributed by atoms with Crippen molar-refractivity contribution in [2.24, 2.45) is 0 Å². The molecule has 7 heteroatoms. The first-order valence-corrected chi connectivity index (χ1v) is 11.2. The second-order valence-electron chi connectivity index (χ2n) is 7.74. The molecule has 5 rings (SSSR count). The van der Waals surface area contributed by atoms with Gasteiger partial charge in [-0.1, -0.05) is 54.1 Å². The van der Waals surface area contributed by atoms with Gasteiger partial charge < -0.3 is 9.47 Å². The zero-order valence-corrected chi connectivity index (χ0v) is 19.8. The topological polar surface area (TPSA) is 74.2 Å². The van der Waals surface area contributed by atoms with Gasteiger partial charge in [0.25, 0.3) is 0 Å². The van der Waals surface area contributed by atoms with Gasteiger partial charge in [0.1, 0.15) is 28.2 Å². The molecule has 2 aromatic heterocycles. The quantitative estimate of drug-likeness (QED) is 0.268. The van der Waals surface area contributed by atoms with E-state index in [1.165, 1.54) is 7.11 Å². The summed E-state index contributed by atoms with van der Waals surface area (Å²) in [6.45, 7) is 0. The molecule has 3 aromatic carbocycles. The highest BCUT2D eigenvalue weighted by Crippen LogP contribution is 2.35. The second-order valence-corrected chi connectivity index (χ2v) is 8.18. The second kappa shape index (κ2) is 9.52. The summed E-state index contributed by atoms with van der Waals surface area (Å²) in [5, 5.41) is 0.626. The van der Waals surface area contributed by atoms with E-state index in [9.17, 15) is 4.79 Å². The standard InChI is InChI=1S/C28H20ClN3O3/c1-34-21-14-10-17(11-15-21)22-16-23(28(33)35-2)30-26-24(18-6-4-3-5-7-18)31-27(32-25(22)26)19-8-12-20(29)13-9-19/h3-16H,1-2H3. The van der Waals surface area contributed by atoms with Gasteiger partial charge in [-0.25, -0.2) is 19.7 Å². The minimum atomic E-state index is -0.539. The van der Waals surface area contributed by atoms with E-state index >= 15 is 0 Å². The van der Waals surface area contributed by atoms with Crippen molar-refractivity contribution < 1.29 is 14.3 Å². The van der Waals surface area contributed by atoms with E-state index in [1.54, 1.807) is 25.3 Å². The number of nitrogens with zero attached hydrogens (tertiary/aromatic N) is 3. The van der Waals surface area contributed by atoms with E-state index < -0.39 is 5.97 Å². The van der Waals surface area contributed by atoms with E-state index in [0.717, 1.165) is 28.0 Å². The van der Waals surface area contributed by atoms with E-state index in [1.807, 2.05) is 66.7 Å². The summed E-state index contributed by atoms with van der Waals surface area (Å²) in [5.74, 6) is 0.708. The Morgan fingerprint density at radius 2 is 1.43 bits per heavy atom. The molecule has 0 atom stereocenters. The number of benzene rings is 3. The normalized spacial score (nSPS) is 10.8. The summed E-state index contributed by atoms with van der Waals surface area (Å²) >= 11 is 6.11. The molecule has 6 nitrogen and oxygen atoms in total. The molecule has 0 fully saturated rings. The van der Waals surface area contributed by atoms with Crippen molar-refractivity contribution in [2.45, 2.75) is 0 Å². The molecule has 5 aromatic rings. The van der Waals surface area contributed by atoms with Crippen LogP contribution in [0.25, 0.3) is 44.8 Å². The van der Waals surface area contributed by atoms with Crippen molar-refractivity contribution in [3.8, 4) is 39.5 Å². The molecule has 0 amide bonds. The van der Waals surface area contributed by atoms with Gasteiger partial charge in [0.15, 0.2) is 5.82 Å². The molecule has 2 heterocycles. The molecule has 0 spiro atoms. The molecule has 0 aliphatic heterocycles. The Morgan fingerprint density at radius 1 is 0.743 bits per heavy atom. The summed E-state index contributed by atoms with van der Waals surface area (Å²) < 4.78 is 10.3. The summed E-state index contributed by atoms with van der Waals surface area (Å²) in [6.07, 6.45) is 0. The molecule has 0 bridgehead atoms. The van der Waals surface area contributed by atoms with Crippen LogP contribution in [0.2, 0.25) is 5.02 Å². The molecule has 0 aliphatic rings. The predicted molar refractivity (Wildman–Crippen MR) is 137 cm³/mol. The van der Waals surface area contributed by atoms with Crippen LogP contribution in [0.3, 0.4) is 0 Å². The Labute approximate surface area is 207 Å². The first-order chi connectivity index (χ1) is 17.1. The highest BCUT2D eigenvalue weighted by molar-refractivity contribution is 6.30. The molecule has 0 radical (unpaired) electrons. The number of carbonyl (C=O) groups excluding carboxylic acids is 1. The first-order valence-electron chi connectivity index (χ1n) is 10.8. The number of esters is 1. The Kier molecular flexibility index (Phi) is 6.12. The molecule has 0 saturated carbocycles. The molecular weight excluding hydrogens is 462 g/mol. The largest absolute Gasteiger partial charge is 0.497 e. The monoisotopic (exact) mass is 481 g/mol. The van der Waals surface area contributed by atoms with Crippen LogP contribution >= 0.6 is 11.6 Å². The third-order valence-electron chi connectivity index (χ3n) is 5.60. The SMILES string of the molecule is COC(=O)c1cc(-c2ccc(OC)cc2)c2nc(-c3ccc(Cl)cc3)nc(-c3ccccc3)c2n1. The fourth-order valence-electron chi connectivity index (χ4n) is 3.83. The number of ether oxygens (including phenoxy) is 2. The smallest absolute Gasteiger partial charge is 0.356 e. The van der Waals surface area contributed by atoms with Crippen LogP contribution in [0.4, 0.5) is 0 Å². The number of hydrogen-bond acceptors (Lipinski definition) is 6. The maximum Gasteiger partial charge on any atom is 0.356 e. The predicted octanol–water partition coefficient (Wildman–Crippen LogP) is 6.47. The van der Waals surface area contributed by atoms with Gasteiger partial charge in [-0.15, -0.1) is 0 Å². The maximum absolute atomic E-state index is 12.6. The van der Waals surface area contributed by atoms with Gasteiger partial charge in [-0.3, -0.25) is 0 Å². The lowest BCUT2D eigenvalue weighted by molar-refractivity contribution is 0.0594. The minimum absolute atomic E-state index is 0.172. The number of halogens is 1. The summed E-state index contributed by atoms with van der Waals surface area (Å²) in [7, 11) is 2.95. The lowest BCUT2D eigenvalue weighted by atomic mass is 10.0. The van der Waals surface area contributed by atoms with Crippen LogP contribution in [-0.2, 0) is 4.74 Å². The van der Waals surface area contributed by atoms with Crippen molar-refractivity contribution in [3.63, 3.8) is 0 Å². The van der Waals surface area contributed by atoms with Crippen molar-refractivity contribution in [3.05, 3.63) is 95.6 Å². The molecule has 172 valence electrons. The van der Waals surface area contributed by atoms with E-state index in [0.29, 0.717) is 27.6 Å². The highest BCUT2D eigenvalue weighted by atomic mass is 35.5. The van der Waals surface area contributed by atoms with E-state index in [2.05, 4.69) is 4.98 Å². The summed E-state index contributed by atoms with van der Waals surface area (Å²) in [6, 6.07) is 26.3. The molecule has 0 saturated heterocycles. The Balaban J connectivity index is 1.87. The van der Waals surface area contributed by atoms with Gasteiger partial charge in [-0.05, 0) is 48.0 Å². The number of rotatable bonds is 5. The molecule has 0 unspecified atom stereocenters. The number of hydrogen-bond donors (Lipinski definition) is 0. The Bertz CT molecular complexity index is 1520. The third kappa shape index (κ3) is 4.44. The molecular formula is C28H20ClN3O3. The van der Waals surface area contributed by atoms with Crippen LogP contribution < -0.4 is 4.74 Å². The number of fused-ring (bicyclic) bond motifs is 1. The third-order valence-corrected chi connectivity index (χ3v) is 5.85. The van der Waals surface area contributed by atoms with Crippen LogP contribution in [0.15, 0.2) is 84.9 Å². The highest BCUT2D eigenvalue weighted by Gasteiger charge is 2.20. The zero-order chi connectivity index (χ0) is 24.4. The van der Waals surface area contributed by atoms with Gasteiger partial charge in [0.05, 0.1) is 14.2 Å². The van der Waals surface area contributed by atoms with E-state index in [4.69, 9.17) is 31.0 Å². The van der Waals surface area contributed by atoms with Crippen LogP contribution in [-0.4, -0.2) is 35.1 Å². The lowest BCUT2D eigenvalue weighted by Gasteiger charge is -2.14.